The molecule has 0 aromatic carbocycles. The molecule has 0 radical (unpaired) electrons. The molecule has 19 atom stereocenters. The summed E-state index contributed by atoms with van der Waals surface area (Å²) in [5.74, 6) is -0.739. The van der Waals surface area contributed by atoms with E-state index in [0.29, 0.717) is 18.8 Å². The number of fused-ring (bicyclic) bond motifs is 3. The summed E-state index contributed by atoms with van der Waals surface area (Å²) in [6.45, 7) is 16.9. The van der Waals surface area contributed by atoms with E-state index in [1.54, 1.807) is 0 Å². The molecule has 0 aromatic heterocycles. The number of rotatable bonds is 15. The van der Waals surface area contributed by atoms with Gasteiger partial charge in [-0.25, -0.2) is 0 Å². The third kappa shape index (κ3) is 8.72. The minimum Gasteiger partial charge on any atom is -0.396 e. The molecule has 11 heteroatoms. The fourth-order valence-electron chi connectivity index (χ4n) is 12.8. The maximum absolute atomic E-state index is 12.0. The molecule has 56 heavy (non-hydrogen) atoms. The van der Waals surface area contributed by atoms with Crippen LogP contribution < -0.4 is 0 Å². The Kier molecular flexibility index (Phi) is 15.0. The van der Waals surface area contributed by atoms with Crippen molar-refractivity contribution < 1.29 is 55.4 Å². The normalized spacial score (nSPS) is 46.1. The average Bonchev–Trinajstić information content (AvgIpc) is 3.53. The van der Waals surface area contributed by atoms with Gasteiger partial charge in [0.15, 0.2) is 0 Å². The predicted octanol–water partition coefficient (Wildman–Crippen LogP) is 4.26. The summed E-state index contributed by atoms with van der Waals surface area (Å²) in [5.41, 5.74) is -0.0190. The van der Waals surface area contributed by atoms with Crippen LogP contribution in [0.3, 0.4) is 0 Å². The van der Waals surface area contributed by atoms with Gasteiger partial charge in [-0.1, -0.05) is 59.1 Å². The van der Waals surface area contributed by atoms with Crippen LogP contribution in [0, 0.1) is 51.8 Å². The minimum absolute atomic E-state index is 0.0102. The lowest BCUT2D eigenvalue weighted by molar-refractivity contribution is -0.260. The fraction of sp³-hybridized carbons (Fsp3) is 0.956. The van der Waals surface area contributed by atoms with E-state index in [0.717, 1.165) is 57.8 Å². The number of aliphatic hydroxyl groups is 9. The first-order chi connectivity index (χ1) is 26.2. The Bertz CT molecular complexity index is 1300. The Labute approximate surface area is 336 Å². The minimum atomic E-state index is -1.55. The molecule has 0 aliphatic heterocycles. The number of hydrogen-bond acceptors (Lipinski definition) is 11. The monoisotopic (exact) mass is 797 g/mol. The maximum atomic E-state index is 12.0. The second kappa shape index (κ2) is 18.1. The van der Waals surface area contributed by atoms with Crippen LogP contribution in [0.2, 0.25) is 0 Å². The molecule has 5 aliphatic rings. The predicted molar refractivity (Wildman–Crippen MR) is 214 cm³/mol. The standard InChI is InChI=1S/C45H80O11/c1-9-10-13-34(55-33-20-27(24-47)37(50)40(53)41(33)56-32-19-26(23-46)36(49)39(52)38(32)51)42(4,5)28-14-17-43(6)29(21-28)22-31(48)35-30(15-18-44(35,43)7)45(8,54)16-11-12-25(2)3/h12,26-41,46-54H,9-11,13-24H2,1-8H3/t26?,27?,28-,29+,30+,31-,32-,33-,34+,35+,36-,37-,38?,39?,40?,41?,43-,44-,45?/m1/s1. The summed E-state index contributed by atoms with van der Waals surface area (Å²) >= 11 is 0. The number of unbranched alkanes of at least 4 members (excludes halogenated alkanes) is 1. The van der Waals surface area contributed by atoms with Crippen LogP contribution in [0.25, 0.3) is 0 Å². The summed E-state index contributed by atoms with van der Waals surface area (Å²) < 4.78 is 13.5. The summed E-state index contributed by atoms with van der Waals surface area (Å²) in [7, 11) is 0. The van der Waals surface area contributed by atoms with Gasteiger partial charge in [-0.05, 0) is 131 Å². The van der Waals surface area contributed by atoms with Gasteiger partial charge in [0.25, 0.3) is 0 Å². The van der Waals surface area contributed by atoms with Gasteiger partial charge in [-0.15, -0.1) is 0 Å². The molecule has 0 aromatic rings. The maximum Gasteiger partial charge on any atom is 0.113 e. The van der Waals surface area contributed by atoms with Gasteiger partial charge >= 0.3 is 0 Å². The Morgan fingerprint density at radius 1 is 0.786 bits per heavy atom. The van der Waals surface area contributed by atoms with Gasteiger partial charge in [0.05, 0.1) is 42.2 Å². The van der Waals surface area contributed by atoms with Crippen LogP contribution >= 0.6 is 0 Å². The number of ether oxygens (including phenoxy) is 2. The SMILES string of the molecule is CCCC[C@H](O[C@@H]1CC(CO)[C@@H](O)C(O)C1O[C@@H]1CC(CO)[C@@H](O)C(O)C1O)C(C)(C)[C@@H]1CC[C@]2(C)[C@@H](C1)C[C@@H](O)[C@@H]1[C@@H](C(C)(O)CCC=C(C)C)CC[C@]12C. The van der Waals surface area contributed by atoms with Crippen molar-refractivity contribution in [2.45, 2.75) is 206 Å². The van der Waals surface area contributed by atoms with E-state index in [4.69, 9.17) is 9.47 Å². The van der Waals surface area contributed by atoms with Crippen LogP contribution in [-0.4, -0.2) is 126 Å². The summed E-state index contributed by atoms with van der Waals surface area (Å²) in [6.07, 6.45) is 1.42. The van der Waals surface area contributed by atoms with E-state index in [9.17, 15) is 46.0 Å². The zero-order valence-electron chi connectivity index (χ0n) is 35.8. The van der Waals surface area contributed by atoms with Crippen molar-refractivity contribution in [2.24, 2.45) is 51.8 Å². The lowest BCUT2D eigenvalue weighted by Gasteiger charge is -2.63. The quantitative estimate of drug-likeness (QED) is 0.107. The molecule has 5 aliphatic carbocycles. The van der Waals surface area contributed by atoms with Gasteiger partial charge in [0.2, 0.25) is 0 Å². The average molecular weight is 797 g/mol. The lowest BCUT2D eigenvalue weighted by atomic mass is 9.42. The molecule has 0 saturated heterocycles. The van der Waals surface area contributed by atoms with Crippen LogP contribution in [0.1, 0.15) is 139 Å². The third-order valence-electron chi connectivity index (χ3n) is 16.9. The van der Waals surface area contributed by atoms with Crippen molar-refractivity contribution in [2.75, 3.05) is 13.2 Å². The molecule has 0 spiro atoms. The first-order valence-corrected chi connectivity index (χ1v) is 22.1. The summed E-state index contributed by atoms with van der Waals surface area (Å²) in [4.78, 5) is 0. The second-order valence-corrected chi connectivity index (χ2v) is 20.7. The second-order valence-electron chi connectivity index (χ2n) is 20.7. The van der Waals surface area contributed by atoms with Gasteiger partial charge in [-0.2, -0.15) is 0 Å². The van der Waals surface area contributed by atoms with Crippen molar-refractivity contribution >= 4 is 0 Å². The molecule has 7 unspecified atom stereocenters. The first-order valence-electron chi connectivity index (χ1n) is 22.1. The molecule has 11 nitrogen and oxygen atoms in total. The Morgan fingerprint density at radius 2 is 1.39 bits per heavy atom. The van der Waals surface area contributed by atoms with Crippen LogP contribution in [0.5, 0.6) is 0 Å². The van der Waals surface area contributed by atoms with E-state index < -0.39 is 79.0 Å². The molecule has 9 N–H and O–H groups in total. The van der Waals surface area contributed by atoms with Crippen molar-refractivity contribution in [3.05, 3.63) is 11.6 Å². The molecule has 326 valence electrons. The Morgan fingerprint density at radius 3 is 2.00 bits per heavy atom. The molecule has 0 bridgehead atoms. The summed E-state index contributed by atoms with van der Waals surface area (Å²) in [6, 6.07) is 0. The van der Waals surface area contributed by atoms with E-state index in [1.807, 2.05) is 6.92 Å². The molecule has 0 amide bonds. The zero-order valence-corrected chi connectivity index (χ0v) is 35.8. The van der Waals surface area contributed by atoms with Crippen LogP contribution in [-0.2, 0) is 9.47 Å². The molecule has 5 rings (SSSR count). The Balaban J connectivity index is 1.36. The highest BCUT2D eigenvalue weighted by molar-refractivity contribution is 5.16. The van der Waals surface area contributed by atoms with Gasteiger partial charge < -0.3 is 55.4 Å². The summed E-state index contributed by atoms with van der Waals surface area (Å²) in [5, 5.41) is 98.5. The zero-order chi connectivity index (χ0) is 41.5. The smallest absolute Gasteiger partial charge is 0.113 e. The van der Waals surface area contributed by atoms with Crippen molar-refractivity contribution in [1.29, 1.82) is 0 Å². The van der Waals surface area contributed by atoms with E-state index >= 15 is 0 Å². The molecular formula is C45H80O11. The largest absolute Gasteiger partial charge is 0.396 e. The highest BCUT2D eigenvalue weighted by atomic mass is 16.6. The van der Waals surface area contributed by atoms with Gasteiger partial charge in [0, 0.05) is 25.0 Å². The van der Waals surface area contributed by atoms with Gasteiger partial charge in [0.1, 0.15) is 24.4 Å². The highest BCUT2D eigenvalue weighted by Crippen LogP contribution is 2.71. The fourth-order valence-corrected chi connectivity index (χ4v) is 12.8. The van der Waals surface area contributed by atoms with E-state index in [-0.39, 0.29) is 59.6 Å². The van der Waals surface area contributed by atoms with Crippen molar-refractivity contribution in [3.8, 4) is 0 Å². The number of aliphatic hydroxyl groups excluding tert-OH is 8. The van der Waals surface area contributed by atoms with E-state index in [2.05, 4.69) is 54.5 Å². The van der Waals surface area contributed by atoms with Gasteiger partial charge in [-0.3, -0.25) is 0 Å². The first kappa shape index (κ1) is 46.4. The van der Waals surface area contributed by atoms with Crippen molar-refractivity contribution in [3.63, 3.8) is 0 Å². The third-order valence-corrected chi connectivity index (χ3v) is 16.9. The number of allylic oxidation sites excluding steroid dienone is 2. The van der Waals surface area contributed by atoms with E-state index in [1.165, 1.54) is 5.57 Å². The Hall–Kier alpha value is -0.700. The lowest BCUT2D eigenvalue weighted by Crippen LogP contribution is -2.62. The van der Waals surface area contributed by atoms with Crippen LogP contribution in [0.4, 0.5) is 0 Å². The molecule has 5 fully saturated rings. The molecular weight excluding hydrogens is 716 g/mol. The number of hydrogen-bond donors (Lipinski definition) is 9. The molecule has 0 heterocycles. The highest BCUT2D eigenvalue weighted by Gasteiger charge is 2.66. The molecule has 5 saturated carbocycles. The topological polar surface area (TPSA) is 201 Å². The van der Waals surface area contributed by atoms with Crippen LogP contribution in [0.15, 0.2) is 11.6 Å². The van der Waals surface area contributed by atoms with Crippen molar-refractivity contribution in [1.82, 2.24) is 0 Å².